The number of hydrogen-bond donors (Lipinski definition) is 7. The van der Waals surface area contributed by atoms with Gasteiger partial charge < -0.3 is 16.8 Å². The molecule has 0 saturated heterocycles. The summed E-state index contributed by atoms with van der Waals surface area (Å²) in [4.78, 5) is 0. The largest absolute Gasteiger partial charge is 0.317 e. The third-order valence-electron chi connectivity index (χ3n) is 2.34. The molecule has 0 aromatic heterocycles. The third-order valence-corrected chi connectivity index (χ3v) is 3.47. The van der Waals surface area contributed by atoms with Crippen molar-refractivity contribution < 1.29 is 0 Å². The maximum absolute atomic E-state index is 6.11. The Kier molecular flexibility index (Phi) is 8.00. The average molecular weight is 267 g/mol. The monoisotopic (exact) mass is 267 g/mol. The van der Waals surface area contributed by atoms with Crippen LogP contribution in [-0.4, -0.2) is 49.5 Å². The third kappa shape index (κ3) is 5.72. The quantitative estimate of drug-likeness (QED) is 0.206. The fraction of sp³-hybridized carbons (Fsp3) is 1.00. The number of nitrogens with two attached hydrogens (primary N) is 2. The van der Waals surface area contributed by atoms with Gasteiger partial charge in [-0.1, -0.05) is 6.92 Å². The molecule has 7 N–H and O–H groups in total. The molecule has 0 aliphatic rings. The van der Waals surface area contributed by atoms with E-state index in [1.165, 1.54) is 0 Å². The topological polar surface area (TPSA) is 88.1 Å². The van der Waals surface area contributed by atoms with Gasteiger partial charge in [-0.2, -0.15) is 25.3 Å². The molecule has 0 radical (unpaired) electrons. The second-order valence-corrected chi connectivity index (χ2v) is 4.68. The fourth-order valence-corrected chi connectivity index (χ4v) is 1.80. The smallest absolute Gasteiger partial charge is 0.0881 e. The molecule has 0 bridgehead atoms. The zero-order chi connectivity index (χ0) is 12.7. The van der Waals surface area contributed by atoms with Gasteiger partial charge in [0.2, 0.25) is 0 Å². The summed E-state index contributed by atoms with van der Waals surface area (Å²) in [5.41, 5.74) is 11.1. The summed E-state index contributed by atoms with van der Waals surface area (Å²) in [5.74, 6) is 1.07. The maximum atomic E-state index is 6.11. The van der Waals surface area contributed by atoms with Crippen LogP contribution in [0, 0.1) is 0 Å². The molecule has 98 valence electrons. The van der Waals surface area contributed by atoms with Gasteiger partial charge in [-0.25, -0.2) is 0 Å². The highest BCUT2D eigenvalue weighted by molar-refractivity contribution is 7.80. The van der Waals surface area contributed by atoms with E-state index in [4.69, 9.17) is 11.5 Å². The van der Waals surface area contributed by atoms with Gasteiger partial charge in [0.1, 0.15) is 0 Å². The van der Waals surface area contributed by atoms with Gasteiger partial charge >= 0.3 is 0 Å². The summed E-state index contributed by atoms with van der Waals surface area (Å²) in [6.45, 7) is 3.98. The van der Waals surface area contributed by atoms with Crippen LogP contribution >= 0.6 is 25.3 Å². The van der Waals surface area contributed by atoms with Crippen molar-refractivity contribution in [3.8, 4) is 0 Å². The Labute approximate surface area is 109 Å². The van der Waals surface area contributed by atoms with Crippen LogP contribution < -0.4 is 27.4 Å². The summed E-state index contributed by atoms with van der Waals surface area (Å²) in [6, 6.07) is 0. The number of thiol groups is 2. The van der Waals surface area contributed by atoms with Gasteiger partial charge in [0.05, 0.1) is 11.3 Å². The van der Waals surface area contributed by atoms with Crippen molar-refractivity contribution in [3.63, 3.8) is 0 Å². The molecule has 0 saturated carbocycles. The maximum Gasteiger partial charge on any atom is 0.0881 e. The molecule has 16 heavy (non-hydrogen) atoms. The van der Waals surface area contributed by atoms with Crippen molar-refractivity contribution in [1.29, 1.82) is 0 Å². The van der Waals surface area contributed by atoms with Crippen LogP contribution in [0.4, 0.5) is 0 Å². The summed E-state index contributed by atoms with van der Waals surface area (Å²) in [7, 11) is 1.85. The molecule has 0 spiro atoms. The van der Waals surface area contributed by atoms with Crippen molar-refractivity contribution in [2.75, 3.05) is 38.2 Å². The van der Waals surface area contributed by atoms with E-state index >= 15 is 0 Å². The molecule has 0 aliphatic heterocycles. The molecule has 0 amide bonds. The lowest BCUT2D eigenvalue weighted by Gasteiger charge is -2.35. The van der Waals surface area contributed by atoms with Crippen molar-refractivity contribution in [2.24, 2.45) is 11.5 Å². The Morgan fingerprint density at radius 3 is 1.88 bits per heavy atom. The first-order valence-corrected chi connectivity index (χ1v) is 6.66. The summed E-state index contributed by atoms with van der Waals surface area (Å²) < 4.78 is 0. The fourth-order valence-electron chi connectivity index (χ4n) is 1.35. The molecule has 0 fully saturated rings. The van der Waals surface area contributed by atoms with Gasteiger partial charge in [-0.3, -0.25) is 10.6 Å². The highest BCUT2D eigenvalue weighted by Crippen LogP contribution is 2.02. The van der Waals surface area contributed by atoms with E-state index < -0.39 is 11.3 Å². The van der Waals surface area contributed by atoms with Crippen molar-refractivity contribution >= 4 is 25.3 Å². The predicted octanol–water partition coefficient (Wildman–Crippen LogP) is -1.43. The first-order valence-electron chi connectivity index (χ1n) is 5.39. The lowest BCUT2D eigenvalue weighted by atomic mass is 10.1. The highest BCUT2D eigenvalue weighted by atomic mass is 32.1. The van der Waals surface area contributed by atoms with Gasteiger partial charge in [0.15, 0.2) is 0 Å². The Bertz CT molecular complexity index is 175. The molecule has 0 aliphatic carbocycles. The second-order valence-electron chi connectivity index (χ2n) is 4.04. The molecule has 0 aromatic carbocycles. The SMILES string of the molecule is CCNC(N)(CS)CN[C@](N)(CS)CNC. The van der Waals surface area contributed by atoms with Crippen LogP contribution in [0.5, 0.6) is 0 Å². The Balaban J connectivity index is 4.26. The predicted molar refractivity (Wildman–Crippen MR) is 77.1 cm³/mol. The average Bonchev–Trinajstić information content (AvgIpc) is 2.27. The van der Waals surface area contributed by atoms with E-state index in [-0.39, 0.29) is 0 Å². The molecule has 1 unspecified atom stereocenters. The number of likely N-dealkylation sites (N-methyl/N-ethyl adjacent to an activating group) is 2. The summed E-state index contributed by atoms with van der Waals surface area (Å²) >= 11 is 8.48. The molecule has 2 atom stereocenters. The lowest BCUT2D eigenvalue weighted by molar-refractivity contribution is 0.288. The molecular formula is C9H25N5S2. The van der Waals surface area contributed by atoms with Crippen LogP contribution in [0.1, 0.15) is 6.92 Å². The molecule has 0 rings (SSSR count). The van der Waals surface area contributed by atoms with Crippen molar-refractivity contribution in [3.05, 3.63) is 0 Å². The normalized spacial score (nSPS) is 19.1. The first-order chi connectivity index (χ1) is 7.45. The number of hydrogen-bond acceptors (Lipinski definition) is 7. The minimum atomic E-state index is -0.555. The van der Waals surface area contributed by atoms with E-state index in [2.05, 4.69) is 41.2 Å². The number of nitrogens with one attached hydrogen (secondary N) is 3. The van der Waals surface area contributed by atoms with Gasteiger partial charge in [0.25, 0.3) is 0 Å². The van der Waals surface area contributed by atoms with E-state index in [1.54, 1.807) is 0 Å². The molecule has 5 nitrogen and oxygen atoms in total. The molecule has 0 aromatic rings. The van der Waals surface area contributed by atoms with E-state index in [9.17, 15) is 0 Å². The van der Waals surface area contributed by atoms with E-state index in [0.29, 0.717) is 24.6 Å². The van der Waals surface area contributed by atoms with Crippen LogP contribution in [0.3, 0.4) is 0 Å². The summed E-state index contributed by atoms with van der Waals surface area (Å²) in [5, 5.41) is 9.44. The molecular weight excluding hydrogens is 242 g/mol. The summed E-state index contributed by atoms with van der Waals surface area (Å²) in [6.07, 6.45) is 0. The zero-order valence-corrected chi connectivity index (χ0v) is 11.9. The standard InChI is InChI=1S/C9H25N5S2/c1-3-13-9(11,7-16)5-14-8(10,6-15)4-12-2/h12-16H,3-7,10-11H2,1-2H3/t8-,9?/m0/s1. The minimum Gasteiger partial charge on any atom is -0.317 e. The van der Waals surface area contributed by atoms with Crippen LogP contribution in [0.25, 0.3) is 0 Å². The van der Waals surface area contributed by atoms with Crippen molar-refractivity contribution in [2.45, 2.75) is 18.2 Å². The van der Waals surface area contributed by atoms with E-state index in [1.807, 2.05) is 14.0 Å². The van der Waals surface area contributed by atoms with Crippen LogP contribution in [0.2, 0.25) is 0 Å². The second kappa shape index (κ2) is 7.75. The Hall–Kier alpha value is 0.500. The first kappa shape index (κ1) is 16.5. The Morgan fingerprint density at radius 1 is 1.00 bits per heavy atom. The number of rotatable bonds is 9. The van der Waals surface area contributed by atoms with Gasteiger partial charge in [0, 0.05) is 24.6 Å². The zero-order valence-electron chi connectivity index (χ0n) is 10.1. The minimum absolute atomic E-state index is 0.530. The van der Waals surface area contributed by atoms with Crippen molar-refractivity contribution in [1.82, 2.24) is 16.0 Å². The lowest BCUT2D eigenvalue weighted by Crippen LogP contribution is -2.69. The van der Waals surface area contributed by atoms with Gasteiger partial charge in [-0.05, 0) is 13.6 Å². The van der Waals surface area contributed by atoms with Crippen LogP contribution in [-0.2, 0) is 0 Å². The van der Waals surface area contributed by atoms with E-state index in [0.717, 1.165) is 6.54 Å². The highest BCUT2D eigenvalue weighted by Gasteiger charge is 2.28. The molecule has 0 heterocycles. The van der Waals surface area contributed by atoms with Gasteiger partial charge in [-0.15, -0.1) is 0 Å². The Morgan fingerprint density at radius 2 is 1.50 bits per heavy atom. The molecule has 7 heteroatoms. The van der Waals surface area contributed by atoms with Crippen LogP contribution in [0.15, 0.2) is 0 Å².